The first-order valence-corrected chi connectivity index (χ1v) is 13.3. The normalized spacial score (nSPS) is 12.2. The number of benzene rings is 9. The molecular formula is C38H22. The van der Waals surface area contributed by atoms with Gasteiger partial charge in [0.2, 0.25) is 0 Å². The second-order valence-electron chi connectivity index (χ2n) is 10.6. The van der Waals surface area contributed by atoms with Gasteiger partial charge >= 0.3 is 0 Å². The smallest absolute Gasteiger partial charge is 0.00206 e. The van der Waals surface area contributed by atoms with Crippen molar-refractivity contribution in [1.29, 1.82) is 0 Å². The van der Waals surface area contributed by atoms with Crippen LogP contribution in [-0.4, -0.2) is 0 Å². The van der Waals surface area contributed by atoms with Crippen LogP contribution in [0.5, 0.6) is 0 Å². The molecule has 9 rings (SSSR count). The molecule has 0 aromatic heterocycles. The van der Waals surface area contributed by atoms with Gasteiger partial charge in [0, 0.05) is 0 Å². The SMILES string of the molecule is c1cc(-c2cc3ccc4cccc5ccc(c2)c3c45)cc(-c2ccc3ccc4cccc5ccc2c3c45)c1. The topological polar surface area (TPSA) is 0 Å². The highest BCUT2D eigenvalue weighted by Gasteiger charge is 2.14. The molecule has 0 saturated heterocycles. The Kier molecular flexibility index (Phi) is 3.88. The molecule has 0 saturated carbocycles. The second kappa shape index (κ2) is 7.31. The third-order valence-corrected chi connectivity index (χ3v) is 8.50. The Morgan fingerprint density at radius 3 is 1.37 bits per heavy atom. The van der Waals surface area contributed by atoms with E-state index < -0.39 is 0 Å². The number of rotatable bonds is 2. The van der Waals surface area contributed by atoms with E-state index in [0.29, 0.717) is 0 Å². The summed E-state index contributed by atoms with van der Waals surface area (Å²) >= 11 is 0. The van der Waals surface area contributed by atoms with Gasteiger partial charge < -0.3 is 0 Å². The van der Waals surface area contributed by atoms with Crippen LogP contribution in [0.15, 0.2) is 133 Å². The Labute approximate surface area is 220 Å². The molecule has 9 aromatic carbocycles. The molecule has 0 N–H and O–H groups in total. The Morgan fingerprint density at radius 1 is 0.263 bits per heavy atom. The maximum atomic E-state index is 2.36. The lowest BCUT2D eigenvalue weighted by Gasteiger charge is -2.15. The van der Waals surface area contributed by atoms with Crippen molar-refractivity contribution in [1.82, 2.24) is 0 Å². The Morgan fingerprint density at radius 2 is 0.711 bits per heavy atom. The number of hydrogen-bond donors (Lipinski definition) is 0. The van der Waals surface area contributed by atoms with Crippen LogP contribution in [0.4, 0.5) is 0 Å². The lowest BCUT2D eigenvalue weighted by molar-refractivity contribution is 1.63. The van der Waals surface area contributed by atoms with Crippen molar-refractivity contribution < 1.29 is 0 Å². The van der Waals surface area contributed by atoms with E-state index in [-0.39, 0.29) is 0 Å². The van der Waals surface area contributed by atoms with E-state index in [0.717, 1.165) is 0 Å². The minimum atomic E-state index is 1.25. The summed E-state index contributed by atoms with van der Waals surface area (Å²) in [5.41, 5.74) is 5.05. The van der Waals surface area contributed by atoms with E-state index in [9.17, 15) is 0 Å². The highest BCUT2D eigenvalue weighted by molar-refractivity contribution is 6.26. The van der Waals surface area contributed by atoms with Gasteiger partial charge in [0.25, 0.3) is 0 Å². The van der Waals surface area contributed by atoms with Crippen LogP contribution in [-0.2, 0) is 0 Å². The van der Waals surface area contributed by atoms with Crippen molar-refractivity contribution in [3.05, 3.63) is 133 Å². The van der Waals surface area contributed by atoms with Crippen molar-refractivity contribution >= 4 is 64.6 Å². The summed E-state index contributed by atoms with van der Waals surface area (Å²) < 4.78 is 0. The Bertz CT molecular complexity index is 2260. The van der Waals surface area contributed by atoms with Crippen molar-refractivity contribution in [2.45, 2.75) is 0 Å². The standard InChI is InChI=1S/C38H22/c1-4-23-12-14-30-21-32(22-31-15-13-24(5-1)35(23)37(30)31)28-8-3-9-29(20-28)33-18-16-27-11-10-25-6-2-7-26-17-19-34(33)38(27)36(25)26/h1-22H. The summed E-state index contributed by atoms with van der Waals surface area (Å²) in [5, 5.41) is 15.9. The minimum absolute atomic E-state index is 1.25. The zero-order chi connectivity index (χ0) is 24.8. The monoisotopic (exact) mass is 478 g/mol. The first-order chi connectivity index (χ1) is 18.8. The summed E-state index contributed by atoms with van der Waals surface area (Å²) in [7, 11) is 0. The summed E-state index contributed by atoms with van der Waals surface area (Å²) in [6.45, 7) is 0. The van der Waals surface area contributed by atoms with Gasteiger partial charge in [-0.2, -0.15) is 0 Å². The summed E-state index contributed by atoms with van der Waals surface area (Å²) in [5.74, 6) is 0. The molecule has 0 spiro atoms. The van der Waals surface area contributed by atoms with Crippen molar-refractivity contribution in [2.24, 2.45) is 0 Å². The molecular weight excluding hydrogens is 456 g/mol. The lowest BCUT2D eigenvalue weighted by atomic mass is 9.88. The van der Waals surface area contributed by atoms with Crippen molar-refractivity contribution in [2.75, 3.05) is 0 Å². The van der Waals surface area contributed by atoms with Crippen LogP contribution in [0.2, 0.25) is 0 Å². The van der Waals surface area contributed by atoms with Gasteiger partial charge in [-0.15, -0.1) is 0 Å². The molecule has 9 aromatic rings. The first-order valence-electron chi connectivity index (χ1n) is 13.3. The summed E-state index contributed by atoms with van der Waals surface area (Å²) in [6, 6.07) is 49.7. The fraction of sp³-hybridized carbons (Fsp3) is 0. The van der Waals surface area contributed by atoms with Gasteiger partial charge in [-0.3, -0.25) is 0 Å². The molecule has 38 heavy (non-hydrogen) atoms. The first kappa shape index (κ1) is 20.2. The zero-order valence-electron chi connectivity index (χ0n) is 20.7. The van der Waals surface area contributed by atoms with Crippen LogP contribution >= 0.6 is 0 Å². The molecule has 0 amide bonds. The van der Waals surface area contributed by atoms with Crippen LogP contribution in [0.1, 0.15) is 0 Å². The molecule has 0 fully saturated rings. The van der Waals surface area contributed by atoms with Gasteiger partial charge in [-0.25, -0.2) is 0 Å². The molecule has 0 bridgehead atoms. The van der Waals surface area contributed by atoms with Gasteiger partial charge in [0.05, 0.1) is 0 Å². The van der Waals surface area contributed by atoms with Gasteiger partial charge in [0.15, 0.2) is 0 Å². The molecule has 0 heterocycles. The lowest BCUT2D eigenvalue weighted by Crippen LogP contribution is -1.88. The third-order valence-electron chi connectivity index (χ3n) is 8.50. The molecule has 0 unspecified atom stereocenters. The summed E-state index contributed by atoms with van der Waals surface area (Å²) in [4.78, 5) is 0. The maximum absolute atomic E-state index is 2.36. The molecule has 0 heteroatoms. The van der Waals surface area contributed by atoms with E-state index in [1.54, 1.807) is 0 Å². The van der Waals surface area contributed by atoms with Crippen LogP contribution in [0, 0.1) is 0 Å². The molecule has 0 nitrogen and oxygen atoms in total. The van der Waals surface area contributed by atoms with Gasteiger partial charge in [-0.05, 0) is 105 Å². The predicted molar refractivity (Wildman–Crippen MR) is 165 cm³/mol. The Hall–Kier alpha value is -4.94. The van der Waals surface area contributed by atoms with E-state index in [1.807, 2.05) is 0 Å². The van der Waals surface area contributed by atoms with E-state index in [4.69, 9.17) is 0 Å². The largest absolute Gasteiger partial charge is 0.0610 e. The van der Waals surface area contributed by atoms with Gasteiger partial charge in [0.1, 0.15) is 0 Å². The average Bonchev–Trinajstić information content (AvgIpc) is 2.98. The fourth-order valence-corrected chi connectivity index (χ4v) is 6.77. The van der Waals surface area contributed by atoms with E-state index in [2.05, 4.69) is 133 Å². The average molecular weight is 479 g/mol. The molecule has 174 valence electrons. The summed E-state index contributed by atoms with van der Waals surface area (Å²) in [6.07, 6.45) is 0. The maximum Gasteiger partial charge on any atom is -0.00206 e. The molecule has 0 atom stereocenters. The molecule has 0 aliphatic carbocycles. The molecule has 0 aliphatic heterocycles. The quantitative estimate of drug-likeness (QED) is 0.217. The Balaban J connectivity index is 1.27. The van der Waals surface area contributed by atoms with E-state index >= 15 is 0 Å². The van der Waals surface area contributed by atoms with Crippen molar-refractivity contribution in [3.63, 3.8) is 0 Å². The molecule has 0 aliphatic rings. The number of hydrogen-bond acceptors (Lipinski definition) is 0. The van der Waals surface area contributed by atoms with Crippen LogP contribution in [0.3, 0.4) is 0 Å². The molecule has 0 radical (unpaired) electrons. The highest BCUT2D eigenvalue weighted by Crippen LogP contribution is 2.41. The predicted octanol–water partition coefficient (Wildman–Crippen LogP) is 10.8. The third kappa shape index (κ3) is 2.69. The van der Waals surface area contributed by atoms with Gasteiger partial charge in [-0.1, -0.05) is 115 Å². The highest BCUT2D eigenvalue weighted by atomic mass is 14.2. The second-order valence-corrected chi connectivity index (χ2v) is 10.6. The zero-order valence-corrected chi connectivity index (χ0v) is 20.7. The fourth-order valence-electron chi connectivity index (χ4n) is 6.77. The van der Waals surface area contributed by atoms with E-state index in [1.165, 1.54) is 86.9 Å². The van der Waals surface area contributed by atoms with Crippen LogP contribution in [0.25, 0.3) is 86.9 Å². The van der Waals surface area contributed by atoms with Crippen molar-refractivity contribution in [3.8, 4) is 22.3 Å². The minimum Gasteiger partial charge on any atom is -0.0610 e. The van der Waals surface area contributed by atoms with Crippen LogP contribution < -0.4 is 0 Å².